The largest absolute Gasteiger partial charge is 0.466 e. The highest BCUT2D eigenvalue weighted by Gasteiger charge is 2.34. The first-order chi connectivity index (χ1) is 11.4. The highest BCUT2D eigenvalue weighted by atomic mass is 35.5. The van der Waals surface area contributed by atoms with Crippen molar-refractivity contribution in [2.45, 2.75) is 13.3 Å². The van der Waals surface area contributed by atoms with E-state index in [-0.39, 0.29) is 29.0 Å². The molecule has 0 aliphatic carbocycles. The van der Waals surface area contributed by atoms with Crippen molar-refractivity contribution in [2.24, 2.45) is 5.92 Å². The van der Waals surface area contributed by atoms with E-state index in [1.165, 1.54) is 18.2 Å². The lowest BCUT2D eigenvalue weighted by atomic mass is 10.1. The molecule has 1 heterocycles. The average molecular weight is 356 g/mol. The topological polar surface area (TPSA) is 102 Å². The molecule has 1 aromatic rings. The molecule has 1 aromatic carbocycles. The fourth-order valence-electron chi connectivity index (χ4n) is 2.49. The molecule has 0 spiro atoms. The third-order valence-electron chi connectivity index (χ3n) is 3.70. The predicted octanol–water partition coefficient (Wildman–Crippen LogP) is 2.07. The van der Waals surface area contributed by atoms with Crippen LogP contribution in [0.5, 0.6) is 0 Å². The maximum Gasteiger partial charge on any atom is 0.311 e. The van der Waals surface area contributed by atoms with Gasteiger partial charge in [-0.15, -0.1) is 0 Å². The van der Waals surface area contributed by atoms with Crippen LogP contribution < -0.4 is 5.32 Å². The number of amides is 1. The van der Waals surface area contributed by atoms with Gasteiger partial charge in [-0.3, -0.25) is 19.7 Å². The Morgan fingerprint density at radius 1 is 1.54 bits per heavy atom. The van der Waals surface area contributed by atoms with E-state index in [0.717, 1.165) is 0 Å². The summed E-state index contributed by atoms with van der Waals surface area (Å²) in [6, 6.07) is 4.14. The van der Waals surface area contributed by atoms with E-state index in [1.807, 2.05) is 0 Å². The van der Waals surface area contributed by atoms with Crippen molar-refractivity contribution in [1.82, 2.24) is 4.90 Å². The zero-order valence-electron chi connectivity index (χ0n) is 13.2. The number of ether oxygens (including phenoxy) is 1. The number of hydrogen-bond acceptors (Lipinski definition) is 6. The number of esters is 1. The summed E-state index contributed by atoms with van der Waals surface area (Å²) in [5, 5.41) is 13.9. The van der Waals surface area contributed by atoms with Gasteiger partial charge in [0.25, 0.3) is 5.69 Å². The Kier molecular flexibility index (Phi) is 5.97. The van der Waals surface area contributed by atoms with Crippen molar-refractivity contribution < 1.29 is 19.2 Å². The fourth-order valence-corrected chi connectivity index (χ4v) is 2.73. The number of nitro groups is 1. The third-order valence-corrected chi connectivity index (χ3v) is 4.01. The van der Waals surface area contributed by atoms with E-state index in [1.54, 1.807) is 11.8 Å². The lowest BCUT2D eigenvalue weighted by molar-refractivity contribution is -0.384. The van der Waals surface area contributed by atoms with E-state index in [9.17, 15) is 19.7 Å². The van der Waals surface area contributed by atoms with Gasteiger partial charge in [0.1, 0.15) is 0 Å². The van der Waals surface area contributed by atoms with E-state index in [4.69, 9.17) is 16.3 Å². The van der Waals surface area contributed by atoms with Crippen LogP contribution in [0.15, 0.2) is 18.2 Å². The van der Waals surface area contributed by atoms with Crippen LogP contribution in [0.4, 0.5) is 11.4 Å². The van der Waals surface area contributed by atoms with Crippen molar-refractivity contribution in [3.05, 3.63) is 33.3 Å². The first-order valence-electron chi connectivity index (χ1n) is 7.54. The number of likely N-dealkylation sites (tertiary alicyclic amines) is 1. The number of benzene rings is 1. The maximum absolute atomic E-state index is 11.9. The quantitative estimate of drug-likeness (QED) is 0.456. The monoisotopic (exact) mass is 355 g/mol. The van der Waals surface area contributed by atoms with Gasteiger partial charge in [0.2, 0.25) is 5.91 Å². The molecule has 1 saturated heterocycles. The minimum Gasteiger partial charge on any atom is -0.466 e. The maximum atomic E-state index is 11.9. The minimum absolute atomic E-state index is 0.0856. The number of carbonyl (C=O) groups is 2. The summed E-state index contributed by atoms with van der Waals surface area (Å²) in [7, 11) is 0. The number of rotatable bonds is 7. The zero-order chi connectivity index (χ0) is 17.7. The molecular formula is C15H18ClN3O5. The SMILES string of the molecule is CCOC(=O)[C@@H]1CC(=O)N(CCNc2ccc([N+](=O)[O-])cc2Cl)C1. The molecule has 1 N–H and O–H groups in total. The van der Waals surface area contributed by atoms with E-state index in [0.29, 0.717) is 31.9 Å². The summed E-state index contributed by atoms with van der Waals surface area (Å²) in [5.74, 6) is -0.857. The van der Waals surface area contributed by atoms with Gasteiger partial charge in [0.15, 0.2) is 0 Å². The normalized spacial score (nSPS) is 17.0. The number of halogens is 1. The molecule has 1 amide bonds. The number of nitrogens with one attached hydrogen (secondary N) is 1. The van der Waals surface area contributed by atoms with Crippen molar-refractivity contribution in [1.29, 1.82) is 0 Å². The van der Waals surface area contributed by atoms with Crippen LogP contribution in [0.25, 0.3) is 0 Å². The van der Waals surface area contributed by atoms with Crippen molar-refractivity contribution in [3.8, 4) is 0 Å². The zero-order valence-corrected chi connectivity index (χ0v) is 13.9. The van der Waals surface area contributed by atoms with Crippen LogP contribution in [-0.4, -0.2) is 47.9 Å². The predicted molar refractivity (Wildman–Crippen MR) is 87.9 cm³/mol. The van der Waals surface area contributed by atoms with Crippen LogP contribution in [0.3, 0.4) is 0 Å². The molecule has 0 saturated carbocycles. The van der Waals surface area contributed by atoms with E-state index in [2.05, 4.69) is 5.32 Å². The van der Waals surface area contributed by atoms with Crippen LogP contribution >= 0.6 is 11.6 Å². The molecule has 1 atom stereocenters. The lowest BCUT2D eigenvalue weighted by Crippen LogP contribution is -2.31. The molecule has 0 radical (unpaired) electrons. The smallest absolute Gasteiger partial charge is 0.311 e. The molecule has 1 aliphatic rings. The van der Waals surface area contributed by atoms with E-state index >= 15 is 0 Å². The number of carbonyl (C=O) groups excluding carboxylic acids is 2. The van der Waals surface area contributed by atoms with E-state index < -0.39 is 10.8 Å². The molecular weight excluding hydrogens is 338 g/mol. The van der Waals surface area contributed by atoms with Crippen LogP contribution in [0.2, 0.25) is 5.02 Å². The summed E-state index contributed by atoms with van der Waals surface area (Å²) < 4.78 is 4.94. The number of anilines is 1. The van der Waals surface area contributed by atoms with Crippen LogP contribution in [0.1, 0.15) is 13.3 Å². The highest BCUT2D eigenvalue weighted by Crippen LogP contribution is 2.26. The summed E-state index contributed by atoms with van der Waals surface area (Å²) >= 11 is 5.99. The van der Waals surface area contributed by atoms with Gasteiger partial charge >= 0.3 is 5.97 Å². The number of hydrogen-bond donors (Lipinski definition) is 1. The summed E-state index contributed by atoms with van der Waals surface area (Å²) in [6.45, 7) is 3.18. The van der Waals surface area contributed by atoms with Crippen LogP contribution in [-0.2, 0) is 14.3 Å². The second-order valence-electron chi connectivity index (χ2n) is 5.34. The highest BCUT2D eigenvalue weighted by molar-refractivity contribution is 6.33. The summed E-state index contributed by atoms with van der Waals surface area (Å²) in [6.07, 6.45) is 0.164. The van der Waals surface area contributed by atoms with Gasteiger partial charge < -0.3 is 15.0 Å². The Balaban J connectivity index is 1.85. The van der Waals surface area contributed by atoms with Gasteiger partial charge in [0, 0.05) is 38.2 Å². The average Bonchev–Trinajstić information content (AvgIpc) is 2.90. The molecule has 130 valence electrons. The standard InChI is InChI=1S/C15H18ClN3O5/c1-2-24-15(21)10-7-14(20)18(9-10)6-5-17-13-4-3-11(19(22)23)8-12(13)16/h3-4,8,10,17H,2,5-7,9H2,1H3/t10-/m1/s1. The Bertz CT molecular complexity index is 652. The Morgan fingerprint density at radius 3 is 2.92 bits per heavy atom. The number of nitro benzene ring substituents is 1. The molecule has 24 heavy (non-hydrogen) atoms. The number of non-ortho nitro benzene ring substituents is 1. The van der Waals surface area contributed by atoms with Gasteiger partial charge in [-0.25, -0.2) is 0 Å². The molecule has 1 aliphatic heterocycles. The van der Waals surface area contributed by atoms with Crippen molar-refractivity contribution in [2.75, 3.05) is 31.6 Å². The van der Waals surface area contributed by atoms with Gasteiger partial charge in [-0.05, 0) is 13.0 Å². The van der Waals surface area contributed by atoms with Gasteiger partial charge in [-0.2, -0.15) is 0 Å². The summed E-state index contributed by atoms with van der Waals surface area (Å²) in [4.78, 5) is 35.3. The molecule has 8 nitrogen and oxygen atoms in total. The number of nitrogens with zero attached hydrogens (tertiary/aromatic N) is 2. The Morgan fingerprint density at radius 2 is 2.29 bits per heavy atom. The molecule has 0 unspecified atom stereocenters. The van der Waals surface area contributed by atoms with Gasteiger partial charge in [-0.1, -0.05) is 11.6 Å². The van der Waals surface area contributed by atoms with Crippen molar-refractivity contribution >= 4 is 34.9 Å². The third kappa shape index (κ3) is 4.35. The first kappa shape index (κ1) is 18.0. The molecule has 0 aromatic heterocycles. The van der Waals surface area contributed by atoms with Crippen LogP contribution in [0, 0.1) is 16.0 Å². The molecule has 9 heteroatoms. The molecule has 1 fully saturated rings. The minimum atomic E-state index is -0.520. The summed E-state index contributed by atoms with van der Waals surface area (Å²) in [5.41, 5.74) is 0.466. The lowest BCUT2D eigenvalue weighted by Gasteiger charge is -2.17. The first-order valence-corrected chi connectivity index (χ1v) is 7.92. The second kappa shape index (κ2) is 7.96. The Hall–Kier alpha value is -2.35. The second-order valence-corrected chi connectivity index (χ2v) is 5.75. The molecule has 2 rings (SSSR count). The van der Waals surface area contributed by atoms with Gasteiger partial charge in [0.05, 0.1) is 28.2 Å². The molecule has 0 bridgehead atoms. The Labute approximate surface area is 143 Å². The van der Waals surface area contributed by atoms with Crippen molar-refractivity contribution in [3.63, 3.8) is 0 Å². The fraction of sp³-hybridized carbons (Fsp3) is 0.467.